The highest BCUT2D eigenvalue weighted by atomic mass is 19.4. The number of aryl methyl sites for hydroxylation is 1. The molecule has 2 amide bonds. The Morgan fingerprint density at radius 3 is 2.41 bits per heavy atom. The monoisotopic (exact) mass is 510 g/mol. The molecule has 0 unspecified atom stereocenters. The lowest BCUT2D eigenvalue weighted by atomic mass is 10.0. The minimum absolute atomic E-state index is 0.131. The molecular weight excluding hydrogens is 492 g/mol. The molecule has 0 saturated carbocycles. The standard InChI is InChI=1S/C25H18F4N6O2/c1-30-23(36)33-21-8-4-14(11-32-21)13-3-7-19-16(9-13)22-20(12-31-19)34(2)24(37)35(22)15-5-6-18(26)17(10-15)25(27,28)29/h3-12H,1-2H3,(H2,30,32,33,36). The summed E-state index contributed by atoms with van der Waals surface area (Å²) >= 11 is 0. The van der Waals surface area contributed by atoms with Gasteiger partial charge in [0, 0.05) is 31.2 Å². The van der Waals surface area contributed by atoms with E-state index in [1.165, 1.54) is 24.9 Å². The van der Waals surface area contributed by atoms with Crippen molar-refractivity contribution in [3.63, 3.8) is 0 Å². The minimum atomic E-state index is -4.93. The SMILES string of the molecule is CNC(=O)Nc1ccc(-c2ccc3ncc4c(c3c2)n(-c2ccc(F)c(C(F)(F)F)c2)c(=O)n4C)cn1. The fraction of sp³-hybridized carbons (Fsp3) is 0.120. The molecule has 0 spiro atoms. The second-order valence-electron chi connectivity index (χ2n) is 8.20. The van der Waals surface area contributed by atoms with Crippen LogP contribution in [0.4, 0.5) is 28.2 Å². The molecular formula is C25H18F4N6O2. The fourth-order valence-electron chi connectivity index (χ4n) is 4.10. The van der Waals surface area contributed by atoms with Crippen LogP contribution in [0.1, 0.15) is 5.56 Å². The van der Waals surface area contributed by atoms with Crippen molar-refractivity contribution in [3.05, 3.63) is 82.8 Å². The Kier molecular flexibility index (Phi) is 5.66. The Hall–Kier alpha value is -4.74. The lowest BCUT2D eigenvalue weighted by Crippen LogP contribution is -2.24. The van der Waals surface area contributed by atoms with E-state index in [1.54, 1.807) is 36.5 Å². The van der Waals surface area contributed by atoms with Crippen molar-refractivity contribution >= 4 is 33.8 Å². The maximum absolute atomic E-state index is 14.0. The second-order valence-corrected chi connectivity index (χ2v) is 8.20. The molecule has 2 N–H and O–H groups in total. The zero-order valence-electron chi connectivity index (χ0n) is 19.4. The molecule has 5 aromatic rings. The summed E-state index contributed by atoms with van der Waals surface area (Å²) in [6.07, 6.45) is -1.92. The molecule has 3 aromatic heterocycles. The van der Waals surface area contributed by atoms with Gasteiger partial charge < -0.3 is 5.32 Å². The maximum Gasteiger partial charge on any atom is 0.419 e. The number of rotatable bonds is 3. The molecule has 3 heterocycles. The third kappa shape index (κ3) is 4.15. The van der Waals surface area contributed by atoms with E-state index < -0.39 is 29.3 Å². The van der Waals surface area contributed by atoms with E-state index in [9.17, 15) is 27.2 Å². The van der Waals surface area contributed by atoms with Crippen LogP contribution in [-0.2, 0) is 13.2 Å². The summed E-state index contributed by atoms with van der Waals surface area (Å²) in [7, 11) is 2.96. The topological polar surface area (TPSA) is 93.8 Å². The number of nitrogens with zero attached hydrogens (tertiary/aromatic N) is 4. The number of anilines is 1. The van der Waals surface area contributed by atoms with Gasteiger partial charge in [-0.15, -0.1) is 0 Å². The fourth-order valence-corrected chi connectivity index (χ4v) is 4.10. The van der Waals surface area contributed by atoms with E-state index in [2.05, 4.69) is 20.6 Å². The summed E-state index contributed by atoms with van der Waals surface area (Å²) in [5.41, 5.74) is 0.380. The Balaban J connectivity index is 1.72. The number of benzene rings is 2. The van der Waals surface area contributed by atoms with Gasteiger partial charge in [-0.3, -0.25) is 19.4 Å². The van der Waals surface area contributed by atoms with Crippen molar-refractivity contribution in [2.24, 2.45) is 7.05 Å². The van der Waals surface area contributed by atoms with Crippen LogP contribution >= 0.6 is 0 Å². The summed E-state index contributed by atoms with van der Waals surface area (Å²) in [6.45, 7) is 0. The Bertz CT molecular complexity index is 1740. The molecule has 37 heavy (non-hydrogen) atoms. The van der Waals surface area contributed by atoms with Crippen LogP contribution in [0, 0.1) is 5.82 Å². The third-order valence-electron chi connectivity index (χ3n) is 5.96. The highest BCUT2D eigenvalue weighted by Crippen LogP contribution is 2.34. The van der Waals surface area contributed by atoms with E-state index >= 15 is 0 Å². The first-order valence-corrected chi connectivity index (χ1v) is 10.9. The number of aromatic nitrogens is 4. The smallest absolute Gasteiger partial charge is 0.341 e. The normalized spacial score (nSPS) is 11.7. The first-order valence-electron chi connectivity index (χ1n) is 10.9. The summed E-state index contributed by atoms with van der Waals surface area (Å²) < 4.78 is 56.5. The van der Waals surface area contributed by atoms with Gasteiger partial charge in [0.05, 0.1) is 34.0 Å². The molecule has 0 radical (unpaired) electrons. The minimum Gasteiger partial charge on any atom is -0.341 e. The van der Waals surface area contributed by atoms with Crippen LogP contribution in [0.15, 0.2) is 65.7 Å². The van der Waals surface area contributed by atoms with Crippen molar-refractivity contribution in [3.8, 4) is 16.8 Å². The van der Waals surface area contributed by atoms with Gasteiger partial charge >= 0.3 is 17.9 Å². The molecule has 0 saturated heterocycles. The molecule has 188 valence electrons. The first kappa shape index (κ1) is 24.0. The van der Waals surface area contributed by atoms with E-state index in [1.807, 2.05) is 0 Å². The number of imidazole rings is 1. The lowest BCUT2D eigenvalue weighted by Gasteiger charge is -2.12. The number of alkyl halides is 3. The van der Waals surface area contributed by atoms with Gasteiger partial charge in [-0.1, -0.05) is 6.07 Å². The molecule has 0 aliphatic rings. The zero-order valence-corrected chi connectivity index (χ0v) is 19.4. The average Bonchev–Trinajstić information content (AvgIpc) is 3.14. The van der Waals surface area contributed by atoms with Gasteiger partial charge in [0.25, 0.3) is 0 Å². The van der Waals surface area contributed by atoms with E-state index in [4.69, 9.17) is 0 Å². The highest BCUT2D eigenvalue weighted by molar-refractivity contribution is 6.04. The zero-order chi connectivity index (χ0) is 26.5. The number of carbonyl (C=O) groups excluding carboxylic acids is 1. The quantitative estimate of drug-likeness (QED) is 0.340. The molecule has 5 rings (SSSR count). The molecule has 12 heteroatoms. The van der Waals surface area contributed by atoms with Crippen LogP contribution in [-0.4, -0.2) is 32.2 Å². The number of hydrogen-bond donors (Lipinski definition) is 2. The first-order chi connectivity index (χ1) is 17.6. The van der Waals surface area contributed by atoms with Crippen LogP contribution in [0.2, 0.25) is 0 Å². The van der Waals surface area contributed by atoms with Crippen molar-refractivity contribution in [1.82, 2.24) is 24.4 Å². The number of fused-ring (bicyclic) bond motifs is 3. The summed E-state index contributed by atoms with van der Waals surface area (Å²) in [6, 6.07) is 10.6. The highest BCUT2D eigenvalue weighted by Gasteiger charge is 2.34. The Labute approximate surface area is 206 Å². The number of pyridine rings is 2. The van der Waals surface area contributed by atoms with E-state index in [0.717, 1.165) is 10.6 Å². The average molecular weight is 510 g/mol. The van der Waals surface area contributed by atoms with Crippen LogP contribution < -0.4 is 16.3 Å². The van der Waals surface area contributed by atoms with E-state index in [0.29, 0.717) is 51.0 Å². The molecule has 0 aliphatic carbocycles. The van der Waals surface area contributed by atoms with Crippen molar-refractivity contribution in [2.45, 2.75) is 6.18 Å². The molecule has 0 aliphatic heterocycles. The van der Waals surface area contributed by atoms with Gasteiger partial charge in [0.15, 0.2) is 0 Å². The maximum atomic E-state index is 14.0. The largest absolute Gasteiger partial charge is 0.419 e. The van der Waals surface area contributed by atoms with Crippen LogP contribution in [0.25, 0.3) is 38.8 Å². The third-order valence-corrected chi connectivity index (χ3v) is 5.96. The predicted molar refractivity (Wildman–Crippen MR) is 130 cm³/mol. The van der Waals surface area contributed by atoms with Crippen molar-refractivity contribution in [2.75, 3.05) is 12.4 Å². The van der Waals surface area contributed by atoms with Crippen molar-refractivity contribution in [1.29, 1.82) is 0 Å². The number of amides is 2. The number of urea groups is 1. The second kappa shape index (κ2) is 8.73. The Morgan fingerprint density at radius 1 is 0.973 bits per heavy atom. The van der Waals surface area contributed by atoms with Gasteiger partial charge in [-0.2, -0.15) is 13.2 Å². The Morgan fingerprint density at radius 2 is 1.73 bits per heavy atom. The van der Waals surface area contributed by atoms with Crippen LogP contribution in [0.3, 0.4) is 0 Å². The molecule has 0 fully saturated rings. The number of nitrogens with one attached hydrogen (secondary N) is 2. The summed E-state index contributed by atoms with van der Waals surface area (Å²) in [4.78, 5) is 33.3. The summed E-state index contributed by atoms with van der Waals surface area (Å²) in [5, 5.41) is 5.48. The summed E-state index contributed by atoms with van der Waals surface area (Å²) in [5.74, 6) is -1.10. The molecule has 0 bridgehead atoms. The van der Waals surface area contributed by atoms with Crippen LogP contribution in [0.5, 0.6) is 0 Å². The van der Waals surface area contributed by atoms with Gasteiger partial charge in [0.1, 0.15) is 11.6 Å². The molecule has 2 aromatic carbocycles. The number of hydrogen-bond acceptors (Lipinski definition) is 4. The number of halogens is 4. The number of carbonyl (C=O) groups is 1. The predicted octanol–water partition coefficient (Wildman–Crippen LogP) is 4.85. The van der Waals surface area contributed by atoms with Crippen molar-refractivity contribution < 1.29 is 22.4 Å². The van der Waals surface area contributed by atoms with Gasteiger partial charge in [-0.25, -0.2) is 19.0 Å². The molecule has 8 nitrogen and oxygen atoms in total. The lowest BCUT2D eigenvalue weighted by molar-refractivity contribution is -0.140. The van der Waals surface area contributed by atoms with E-state index in [-0.39, 0.29) is 5.69 Å². The molecule has 0 atom stereocenters. The van der Waals surface area contributed by atoms with Gasteiger partial charge in [-0.05, 0) is 48.0 Å². The van der Waals surface area contributed by atoms with Gasteiger partial charge in [0.2, 0.25) is 0 Å².